The molecule has 0 saturated carbocycles. The molecule has 1 unspecified atom stereocenters. The van der Waals surface area contributed by atoms with Crippen LogP contribution in [0.1, 0.15) is 19.3 Å². The van der Waals surface area contributed by atoms with E-state index in [0.717, 1.165) is 19.4 Å². The van der Waals surface area contributed by atoms with Gasteiger partial charge in [-0.1, -0.05) is 0 Å². The third kappa shape index (κ3) is 4.40. The van der Waals surface area contributed by atoms with E-state index in [9.17, 15) is 4.79 Å². The van der Waals surface area contributed by atoms with Crippen LogP contribution in [-0.4, -0.2) is 38.2 Å². The third-order valence-corrected chi connectivity index (χ3v) is 3.29. The first-order valence-electron chi connectivity index (χ1n) is 6.66. The number of aromatic nitrogens is 4. The van der Waals surface area contributed by atoms with Crippen molar-refractivity contribution in [2.45, 2.75) is 25.3 Å². The van der Waals surface area contributed by atoms with Crippen LogP contribution in [0.25, 0.3) is 5.82 Å². The zero-order valence-corrected chi connectivity index (χ0v) is 13.4. The van der Waals surface area contributed by atoms with Gasteiger partial charge in [-0.05, 0) is 31.5 Å². The summed E-state index contributed by atoms with van der Waals surface area (Å²) in [6.45, 7) is 0.995. The van der Waals surface area contributed by atoms with Crippen molar-refractivity contribution in [3.8, 4) is 5.82 Å². The van der Waals surface area contributed by atoms with Crippen molar-refractivity contribution in [3.05, 3.63) is 31.0 Å². The van der Waals surface area contributed by atoms with Crippen molar-refractivity contribution < 1.29 is 4.79 Å². The maximum Gasteiger partial charge on any atom is 0.226 e. The van der Waals surface area contributed by atoms with E-state index in [-0.39, 0.29) is 36.8 Å². The second-order valence-corrected chi connectivity index (χ2v) is 4.76. The van der Waals surface area contributed by atoms with Crippen LogP contribution in [0.4, 0.5) is 5.69 Å². The fourth-order valence-electron chi connectivity index (χ4n) is 2.35. The highest BCUT2D eigenvalue weighted by molar-refractivity contribution is 5.92. The number of amides is 1. The smallest absolute Gasteiger partial charge is 0.226 e. The Morgan fingerprint density at radius 1 is 1.45 bits per heavy atom. The number of rotatable bonds is 4. The zero-order chi connectivity index (χ0) is 13.8. The predicted octanol–water partition coefficient (Wildman–Crippen LogP) is 1.59. The van der Waals surface area contributed by atoms with E-state index in [1.807, 2.05) is 6.07 Å². The summed E-state index contributed by atoms with van der Waals surface area (Å²) in [6.07, 6.45) is 7.31. The average Bonchev–Trinajstić information content (AvgIpc) is 3.11. The van der Waals surface area contributed by atoms with Gasteiger partial charge in [-0.25, -0.2) is 14.6 Å². The van der Waals surface area contributed by atoms with Crippen LogP contribution in [0, 0.1) is 0 Å². The Kier molecular flexibility index (Phi) is 7.23. The Bertz CT molecular complexity index is 586. The van der Waals surface area contributed by atoms with Gasteiger partial charge in [0.15, 0.2) is 5.82 Å². The van der Waals surface area contributed by atoms with Gasteiger partial charge in [0.2, 0.25) is 5.91 Å². The number of nitrogens with one attached hydrogen (secondary N) is 2. The minimum Gasteiger partial charge on any atom is -0.323 e. The minimum atomic E-state index is -0.0150. The molecule has 1 saturated heterocycles. The molecule has 120 valence electrons. The summed E-state index contributed by atoms with van der Waals surface area (Å²) in [5.74, 6) is 0.552. The number of carbonyl (C=O) groups excluding carboxylic acids is 1. The van der Waals surface area contributed by atoms with E-state index >= 15 is 0 Å². The molecule has 1 atom stereocenters. The van der Waals surface area contributed by atoms with Gasteiger partial charge in [-0.15, -0.1) is 24.8 Å². The molecule has 1 aliphatic heterocycles. The van der Waals surface area contributed by atoms with E-state index in [1.165, 1.54) is 11.0 Å². The van der Waals surface area contributed by atoms with Gasteiger partial charge in [0.1, 0.15) is 12.7 Å². The molecule has 9 heteroatoms. The van der Waals surface area contributed by atoms with Crippen molar-refractivity contribution in [3.63, 3.8) is 0 Å². The Morgan fingerprint density at radius 2 is 2.32 bits per heavy atom. The highest BCUT2D eigenvalue weighted by Crippen LogP contribution is 2.17. The van der Waals surface area contributed by atoms with Crippen molar-refractivity contribution in [1.29, 1.82) is 0 Å². The molecule has 3 rings (SSSR count). The molecular formula is C13H18Cl2N6O. The molecule has 0 aromatic carbocycles. The molecule has 22 heavy (non-hydrogen) atoms. The van der Waals surface area contributed by atoms with Gasteiger partial charge in [0, 0.05) is 18.7 Å². The highest BCUT2D eigenvalue weighted by atomic mass is 35.5. The average molecular weight is 345 g/mol. The normalized spacial score (nSPS) is 16.5. The first kappa shape index (κ1) is 18.3. The van der Waals surface area contributed by atoms with E-state index in [0.29, 0.717) is 17.9 Å². The molecule has 0 bridgehead atoms. The van der Waals surface area contributed by atoms with Crippen LogP contribution in [0.15, 0.2) is 31.0 Å². The van der Waals surface area contributed by atoms with Crippen LogP contribution in [-0.2, 0) is 4.79 Å². The van der Waals surface area contributed by atoms with Gasteiger partial charge < -0.3 is 10.6 Å². The standard InChI is InChI=1S/C13H16N6O.2ClH/c20-12(7-10-3-1-5-15-10)18-11-4-2-6-16-13(11)19-9-14-8-17-19;;/h2,4,6,8-10,15H,1,3,5,7H2,(H,18,20);2*1H. The largest absolute Gasteiger partial charge is 0.323 e. The first-order valence-corrected chi connectivity index (χ1v) is 6.66. The monoisotopic (exact) mass is 344 g/mol. The lowest BCUT2D eigenvalue weighted by atomic mass is 10.1. The number of nitrogens with zero attached hydrogens (tertiary/aromatic N) is 4. The van der Waals surface area contributed by atoms with Crippen LogP contribution < -0.4 is 10.6 Å². The summed E-state index contributed by atoms with van der Waals surface area (Å²) >= 11 is 0. The van der Waals surface area contributed by atoms with Crippen molar-refractivity contribution in [1.82, 2.24) is 25.1 Å². The summed E-state index contributed by atoms with van der Waals surface area (Å²) in [4.78, 5) is 20.2. The van der Waals surface area contributed by atoms with Gasteiger partial charge >= 0.3 is 0 Å². The second kappa shape index (κ2) is 8.67. The lowest BCUT2D eigenvalue weighted by Crippen LogP contribution is -2.27. The quantitative estimate of drug-likeness (QED) is 0.879. The molecule has 1 aliphatic rings. The minimum absolute atomic E-state index is 0. The fraction of sp³-hybridized carbons (Fsp3) is 0.385. The number of hydrogen-bond donors (Lipinski definition) is 2. The second-order valence-electron chi connectivity index (χ2n) is 4.76. The maximum absolute atomic E-state index is 12.1. The lowest BCUT2D eigenvalue weighted by Gasteiger charge is -2.12. The summed E-state index contributed by atoms with van der Waals surface area (Å²) < 4.78 is 1.53. The number of pyridine rings is 1. The molecule has 7 nitrogen and oxygen atoms in total. The van der Waals surface area contributed by atoms with E-state index in [4.69, 9.17) is 0 Å². The van der Waals surface area contributed by atoms with E-state index in [1.54, 1.807) is 18.6 Å². The van der Waals surface area contributed by atoms with Gasteiger partial charge in [0.25, 0.3) is 0 Å². The van der Waals surface area contributed by atoms with Crippen LogP contribution in [0.2, 0.25) is 0 Å². The molecule has 2 N–H and O–H groups in total. The Morgan fingerprint density at radius 3 is 3.00 bits per heavy atom. The van der Waals surface area contributed by atoms with Gasteiger partial charge in [-0.2, -0.15) is 5.10 Å². The number of anilines is 1. The van der Waals surface area contributed by atoms with Gasteiger partial charge in [0.05, 0.1) is 5.69 Å². The van der Waals surface area contributed by atoms with Gasteiger partial charge in [-0.3, -0.25) is 4.79 Å². The van der Waals surface area contributed by atoms with E-state index in [2.05, 4.69) is 25.7 Å². The lowest BCUT2D eigenvalue weighted by molar-refractivity contribution is -0.116. The highest BCUT2D eigenvalue weighted by Gasteiger charge is 2.18. The molecule has 1 amide bonds. The molecule has 0 aliphatic carbocycles. The number of halogens is 2. The van der Waals surface area contributed by atoms with Crippen LogP contribution >= 0.6 is 24.8 Å². The van der Waals surface area contributed by atoms with Crippen LogP contribution in [0.3, 0.4) is 0 Å². The fourth-order valence-corrected chi connectivity index (χ4v) is 2.35. The predicted molar refractivity (Wildman–Crippen MR) is 87.9 cm³/mol. The zero-order valence-electron chi connectivity index (χ0n) is 11.8. The van der Waals surface area contributed by atoms with Crippen LogP contribution in [0.5, 0.6) is 0 Å². The molecule has 2 aromatic heterocycles. The molecule has 0 spiro atoms. The Hall–Kier alpha value is -1.70. The Labute approximate surface area is 140 Å². The summed E-state index contributed by atoms with van der Waals surface area (Å²) in [5, 5.41) is 10.2. The van der Waals surface area contributed by atoms with E-state index < -0.39 is 0 Å². The number of carbonyl (C=O) groups is 1. The topological polar surface area (TPSA) is 84.7 Å². The molecule has 2 aromatic rings. The maximum atomic E-state index is 12.1. The van der Waals surface area contributed by atoms with Crippen molar-refractivity contribution >= 4 is 36.4 Å². The molecule has 0 radical (unpaired) electrons. The molecule has 3 heterocycles. The Balaban J connectivity index is 0.00000121. The summed E-state index contributed by atoms with van der Waals surface area (Å²) in [6, 6.07) is 3.87. The first-order chi connectivity index (χ1) is 9.83. The SMILES string of the molecule is Cl.Cl.O=C(CC1CCCN1)Nc1cccnc1-n1cncn1. The molecular weight excluding hydrogens is 327 g/mol. The molecule has 1 fully saturated rings. The number of hydrogen-bond acceptors (Lipinski definition) is 5. The summed E-state index contributed by atoms with van der Waals surface area (Å²) in [5.41, 5.74) is 0.640. The summed E-state index contributed by atoms with van der Waals surface area (Å²) in [7, 11) is 0. The van der Waals surface area contributed by atoms with Crippen molar-refractivity contribution in [2.24, 2.45) is 0 Å². The third-order valence-electron chi connectivity index (χ3n) is 3.29. The van der Waals surface area contributed by atoms with Crippen molar-refractivity contribution in [2.75, 3.05) is 11.9 Å².